The Kier molecular flexibility index (Phi) is 4.33. The molecule has 0 aromatic rings. The fourth-order valence-corrected chi connectivity index (χ4v) is 2.24. The van der Waals surface area contributed by atoms with Gasteiger partial charge in [0.25, 0.3) is 0 Å². The van der Waals surface area contributed by atoms with Crippen LogP contribution in [0.4, 0.5) is 0 Å². The van der Waals surface area contributed by atoms with Gasteiger partial charge in [0.15, 0.2) is 0 Å². The Morgan fingerprint density at radius 2 is 1.94 bits per heavy atom. The highest BCUT2D eigenvalue weighted by Gasteiger charge is 2.42. The van der Waals surface area contributed by atoms with Crippen molar-refractivity contribution in [2.24, 2.45) is 0 Å². The van der Waals surface area contributed by atoms with Crippen LogP contribution in [0.15, 0.2) is 0 Å². The predicted molar refractivity (Wildman–Crippen MR) is 62.9 cm³/mol. The molecule has 8 heteroatoms. The molecule has 104 valence electrons. The lowest BCUT2D eigenvalue weighted by Crippen LogP contribution is -2.63. The molecule has 1 saturated heterocycles. The summed E-state index contributed by atoms with van der Waals surface area (Å²) >= 11 is 0. The van der Waals surface area contributed by atoms with E-state index in [-0.39, 0.29) is 18.1 Å². The number of ether oxygens (including phenoxy) is 1. The zero-order valence-corrected chi connectivity index (χ0v) is 11.2. The molecular weight excluding hydrogens is 262 g/mol. The Hall–Kier alpha value is -1.15. The number of rotatable bonds is 6. The van der Waals surface area contributed by atoms with Gasteiger partial charge in [0, 0.05) is 12.7 Å². The highest BCUT2D eigenvalue weighted by molar-refractivity contribution is 7.90. The molecule has 7 nitrogen and oxygen atoms in total. The quantitative estimate of drug-likeness (QED) is 0.678. The average molecular weight is 279 g/mol. The van der Waals surface area contributed by atoms with Gasteiger partial charge in [-0.2, -0.15) is 0 Å². The molecule has 0 aromatic heterocycles. The standard InChI is InChI=1S/C10H17NO6S/c1-10(17-5-9(13)14)6-11(7-10)8(12)3-4-18(2,15)16/h3-7H2,1-2H3,(H,13,14). The van der Waals surface area contributed by atoms with Crippen LogP contribution in [-0.2, 0) is 24.2 Å². The van der Waals surface area contributed by atoms with E-state index in [2.05, 4.69) is 0 Å². The highest BCUT2D eigenvalue weighted by atomic mass is 32.2. The smallest absolute Gasteiger partial charge is 0.329 e. The summed E-state index contributed by atoms with van der Waals surface area (Å²) in [5, 5.41) is 8.47. The maximum atomic E-state index is 11.6. The monoisotopic (exact) mass is 279 g/mol. The molecule has 0 spiro atoms. The van der Waals surface area contributed by atoms with Crippen molar-refractivity contribution >= 4 is 21.7 Å². The van der Waals surface area contributed by atoms with Crippen molar-refractivity contribution < 1.29 is 27.9 Å². The summed E-state index contributed by atoms with van der Waals surface area (Å²) in [5.74, 6) is -1.48. The van der Waals surface area contributed by atoms with E-state index in [0.717, 1.165) is 6.26 Å². The van der Waals surface area contributed by atoms with E-state index < -0.39 is 28.0 Å². The van der Waals surface area contributed by atoms with E-state index in [9.17, 15) is 18.0 Å². The van der Waals surface area contributed by atoms with Crippen LogP contribution >= 0.6 is 0 Å². The number of hydrogen-bond donors (Lipinski definition) is 1. The maximum Gasteiger partial charge on any atom is 0.329 e. The summed E-state index contributed by atoms with van der Waals surface area (Å²) in [6, 6.07) is 0. The van der Waals surface area contributed by atoms with Gasteiger partial charge < -0.3 is 14.7 Å². The van der Waals surface area contributed by atoms with Crippen molar-refractivity contribution in [2.45, 2.75) is 18.9 Å². The molecule has 1 aliphatic rings. The summed E-state index contributed by atoms with van der Waals surface area (Å²) in [4.78, 5) is 23.4. The van der Waals surface area contributed by atoms with Crippen LogP contribution in [0.3, 0.4) is 0 Å². The average Bonchev–Trinajstić information content (AvgIpc) is 2.18. The Morgan fingerprint density at radius 3 is 2.39 bits per heavy atom. The molecule has 1 amide bonds. The third-order valence-electron chi connectivity index (χ3n) is 2.63. The van der Waals surface area contributed by atoms with Crippen molar-refractivity contribution in [1.29, 1.82) is 0 Å². The van der Waals surface area contributed by atoms with Gasteiger partial charge in [-0.3, -0.25) is 4.79 Å². The van der Waals surface area contributed by atoms with E-state index >= 15 is 0 Å². The largest absolute Gasteiger partial charge is 0.480 e. The molecule has 1 rings (SSSR count). The second-order valence-electron chi connectivity index (χ2n) is 4.76. The first-order valence-electron chi connectivity index (χ1n) is 5.43. The van der Waals surface area contributed by atoms with Crippen LogP contribution < -0.4 is 0 Å². The molecule has 0 atom stereocenters. The van der Waals surface area contributed by atoms with Crippen molar-refractivity contribution in [3.63, 3.8) is 0 Å². The third-order valence-corrected chi connectivity index (χ3v) is 3.58. The lowest BCUT2D eigenvalue weighted by atomic mass is 9.96. The van der Waals surface area contributed by atoms with Crippen LogP contribution in [0.5, 0.6) is 0 Å². The number of aliphatic carboxylic acids is 1. The van der Waals surface area contributed by atoms with Crippen molar-refractivity contribution in [3.05, 3.63) is 0 Å². The minimum Gasteiger partial charge on any atom is -0.480 e. The second-order valence-corrected chi connectivity index (χ2v) is 7.02. The van der Waals surface area contributed by atoms with E-state index in [1.807, 2.05) is 0 Å². The third kappa shape index (κ3) is 4.61. The second kappa shape index (κ2) is 5.23. The van der Waals surface area contributed by atoms with E-state index in [0.29, 0.717) is 13.1 Å². The number of amides is 1. The molecule has 1 heterocycles. The Bertz CT molecular complexity index is 437. The number of carbonyl (C=O) groups excluding carboxylic acids is 1. The molecular formula is C10H17NO6S. The number of carbonyl (C=O) groups is 2. The first-order chi connectivity index (χ1) is 8.11. The van der Waals surface area contributed by atoms with Crippen LogP contribution in [-0.4, -0.2) is 67.6 Å². The number of sulfone groups is 1. The van der Waals surface area contributed by atoms with Gasteiger partial charge in [0.2, 0.25) is 5.91 Å². The summed E-state index contributed by atoms with van der Waals surface area (Å²) in [5.41, 5.74) is -0.640. The maximum absolute atomic E-state index is 11.6. The number of nitrogens with zero attached hydrogens (tertiary/aromatic N) is 1. The molecule has 1 fully saturated rings. The van der Waals surface area contributed by atoms with Gasteiger partial charge >= 0.3 is 5.97 Å². The van der Waals surface area contributed by atoms with Crippen molar-refractivity contribution in [1.82, 2.24) is 4.90 Å². The van der Waals surface area contributed by atoms with Crippen molar-refractivity contribution in [3.8, 4) is 0 Å². The normalized spacial score (nSPS) is 18.2. The van der Waals surface area contributed by atoms with Gasteiger partial charge in [-0.05, 0) is 6.92 Å². The topological polar surface area (TPSA) is 101 Å². The van der Waals surface area contributed by atoms with E-state index in [4.69, 9.17) is 9.84 Å². The minimum absolute atomic E-state index is 0.0478. The summed E-state index contributed by atoms with van der Waals surface area (Å²) in [6.45, 7) is 1.91. The van der Waals surface area contributed by atoms with Crippen LogP contribution in [0.1, 0.15) is 13.3 Å². The lowest BCUT2D eigenvalue weighted by Gasteiger charge is -2.47. The molecule has 0 aromatic carbocycles. The van der Waals surface area contributed by atoms with Gasteiger partial charge in [-0.1, -0.05) is 0 Å². The SMILES string of the molecule is CC1(OCC(=O)O)CN(C(=O)CCS(C)(=O)=O)C1. The number of hydrogen-bond acceptors (Lipinski definition) is 5. The lowest BCUT2D eigenvalue weighted by molar-refractivity contribution is -0.173. The molecule has 0 aliphatic carbocycles. The molecule has 0 bridgehead atoms. The van der Waals surface area contributed by atoms with Crippen molar-refractivity contribution in [2.75, 3.05) is 31.7 Å². The van der Waals surface area contributed by atoms with Gasteiger partial charge in [0.05, 0.1) is 18.8 Å². The minimum atomic E-state index is -3.14. The molecule has 1 aliphatic heterocycles. The Balaban J connectivity index is 2.32. The number of carboxylic acids is 1. The van der Waals surface area contributed by atoms with E-state index in [1.165, 1.54) is 4.90 Å². The Labute approximate surface area is 106 Å². The Morgan fingerprint density at radius 1 is 1.39 bits per heavy atom. The molecule has 0 radical (unpaired) electrons. The first kappa shape index (κ1) is 14.9. The fraction of sp³-hybridized carbons (Fsp3) is 0.800. The molecule has 0 saturated carbocycles. The number of carboxylic acid groups (broad SMARTS) is 1. The highest BCUT2D eigenvalue weighted by Crippen LogP contribution is 2.25. The predicted octanol–water partition coefficient (Wildman–Crippen LogP) is -0.877. The molecule has 18 heavy (non-hydrogen) atoms. The number of likely N-dealkylation sites (tertiary alicyclic amines) is 1. The fourth-order valence-electron chi connectivity index (χ4n) is 1.70. The van der Waals surface area contributed by atoms with Gasteiger partial charge in [-0.15, -0.1) is 0 Å². The summed E-state index contributed by atoms with van der Waals surface area (Å²) < 4.78 is 27.0. The van der Waals surface area contributed by atoms with Crippen LogP contribution in [0, 0.1) is 0 Å². The van der Waals surface area contributed by atoms with Gasteiger partial charge in [-0.25, -0.2) is 13.2 Å². The zero-order chi connectivity index (χ0) is 14.0. The summed E-state index contributed by atoms with van der Waals surface area (Å²) in [6.07, 6.45) is 1.03. The van der Waals surface area contributed by atoms with E-state index in [1.54, 1.807) is 6.92 Å². The first-order valence-corrected chi connectivity index (χ1v) is 7.49. The zero-order valence-electron chi connectivity index (χ0n) is 10.4. The molecule has 0 unspecified atom stereocenters. The summed E-state index contributed by atoms with van der Waals surface area (Å²) in [7, 11) is -3.14. The van der Waals surface area contributed by atoms with Crippen LogP contribution in [0.2, 0.25) is 0 Å². The van der Waals surface area contributed by atoms with Crippen LogP contribution in [0.25, 0.3) is 0 Å². The van der Waals surface area contributed by atoms with Gasteiger partial charge in [0.1, 0.15) is 22.0 Å². The molecule has 1 N–H and O–H groups in total.